The summed E-state index contributed by atoms with van der Waals surface area (Å²) in [5, 5.41) is 9.06. The summed E-state index contributed by atoms with van der Waals surface area (Å²) in [5.74, 6) is -0.936. The normalized spacial score (nSPS) is 11.4. The Morgan fingerprint density at radius 3 is 2.62 bits per heavy atom. The number of esters is 1. The minimum absolute atomic E-state index is 0.279. The van der Waals surface area contributed by atoms with Crippen LogP contribution in [0.4, 0.5) is 0 Å². The second kappa shape index (κ2) is 7.65. The van der Waals surface area contributed by atoms with Crippen LogP contribution in [0.15, 0.2) is 11.8 Å². The van der Waals surface area contributed by atoms with Crippen LogP contribution in [0.1, 0.15) is 39.0 Å². The molecular weight excluding hydrogens is 168 g/mol. The summed E-state index contributed by atoms with van der Waals surface area (Å²) in [6.07, 6.45) is 6.79. The van der Waals surface area contributed by atoms with Crippen LogP contribution in [0.3, 0.4) is 0 Å². The molecule has 0 saturated carbocycles. The third-order valence-electron chi connectivity index (χ3n) is 1.79. The van der Waals surface area contributed by atoms with Crippen molar-refractivity contribution in [3.63, 3.8) is 0 Å². The number of carbonyl (C=O) groups is 1. The number of methoxy groups -OCH3 is 1. The van der Waals surface area contributed by atoms with Gasteiger partial charge in [-0.3, -0.25) is 0 Å². The summed E-state index contributed by atoms with van der Waals surface area (Å²) in [5.41, 5.74) is 0. The molecule has 0 fully saturated rings. The van der Waals surface area contributed by atoms with E-state index in [4.69, 9.17) is 5.11 Å². The highest BCUT2D eigenvalue weighted by molar-refractivity contribution is 5.85. The molecule has 0 amide bonds. The minimum Gasteiger partial charge on any atom is -0.502 e. The van der Waals surface area contributed by atoms with Crippen molar-refractivity contribution in [2.24, 2.45) is 0 Å². The van der Waals surface area contributed by atoms with Gasteiger partial charge < -0.3 is 9.84 Å². The van der Waals surface area contributed by atoms with Crippen LogP contribution in [-0.2, 0) is 9.53 Å². The fourth-order valence-corrected chi connectivity index (χ4v) is 0.998. The highest BCUT2D eigenvalue weighted by atomic mass is 16.5. The van der Waals surface area contributed by atoms with Crippen molar-refractivity contribution in [3.8, 4) is 0 Å². The first-order chi connectivity index (χ1) is 6.22. The Hall–Kier alpha value is -0.990. The van der Waals surface area contributed by atoms with Gasteiger partial charge in [-0.15, -0.1) is 0 Å². The van der Waals surface area contributed by atoms with Gasteiger partial charge in [-0.1, -0.05) is 26.2 Å². The molecule has 0 unspecified atom stereocenters. The quantitative estimate of drug-likeness (QED) is 0.300. The number of carbonyl (C=O) groups excluding carboxylic acids is 1. The van der Waals surface area contributed by atoms with Crippen molar-refractivity contribution in [2.75, 3.05) is 7.11 Å². The van der Waals surface area contributed by atoms with Crippen LogP contribution >= 0.6 is 0 Å². The van der Waals surface area contributed by atoms with Crippen molar-refractivity contribution in [1.29, 1.82) is 0 Å². The lowest BCUT2D eigenvalue weighted by molar-refractivity contribution is -0.139. The zero-order chi connectivity index (χ0) is 10.1. The highest BCUT2D eigenvalue weighted by Gasteiger charge is 2.04. The molecule has 3 nitrogen and oxygen atoms in total. The van der Waals surface area contributed by atoms with E-state index in [-0.39, 0.29) is 5.76 Å². The Balaban J connectivity index is 3.53. The molecule has 0 saturated heterocycles. The molecule has 0 spiro atoms. The molecule has 76 valence electrons. The van der Waals surface area contributed by atoms with Gasteiger partial charge >= 0.3 is 5.97 Å². The zero-order valence-electron chi connectivity index (χ0n) is 8.38. The van der Waals surface area contributed by atoms with E-state index in [1.807, 2.05) is 0 Å². The molecule has 0 aromatic carbocycles. The first kappa shape index (κ1) is 12.0. The van der Waals surface area contributed by atoms with Crippen molar-refractivity contribution in [1.82, 2.24) is 0 Å². The molecule has 13 heavy (non-hydrogen) atoms. The lowest BCUT2D eigenvalue weighted by Crippen LogP contribution is -2.03. The Labute approximate surface area is 79.4 Å². The molecule has 0 radical (unpaired) electrons. The maximum Gasteiger partial charge on any atom is 0.372 e. The van der Waals surface area contributed by atoms with Gasteiger partial charge in [0.15, 0.2) is 5.76 Å². The number of rotatable bonds is 6. The fourth-order valence-electron chi connectivity index (χ4n) is 0.998. The van der Waals surface area contributed by atoms with Gasteiger partial charge in [0, 0.05) is 0 Å². The molecule has 0 aliphatic rings. The Morgan fingerprint density at radius 1 is 1.38 bits per heavy atom. The van der Waals surface area contributed by atoms with Crippen LogP contribution in [0.5, 0.6) is 0 Å². The SMILES string of the molecule is CCCCCCC=C(O)C(=O)OC. The van der Waals surface area contributed by atoms with Gasteiger partial charge in [-0.2, -0.15) is 0 Å². The second-order valence-corrected chi connectivity index (χ2v) is 2.93. The average molecular weight is 186 g/mol. The van der Waals surface area contributed by atoms with Crippen LogP contribution in [0, 0.1) is 0 Å². The first-order valence-corrected chi connectivity index (χ1v) is 4.69. The third kappa shape index (κ3) is 6.20. The van der Waals surface area contributed by atoms with Crippen LogP contribution < -0.4 is 0 Å². The predicted octanol–water partition coefficient (Wildman–Crippen LogP) is 2.57. The maximum absolute atomic E-state index is 10.7. The van der Waals surface area contributed by atoms with E-state index in [0.717, 1.165) is 19.3 Å². The summed E-state index contributed by atoms with van der Waals surface area (Å²) in [7, 11) is 1.25. The van der Waals surface area contributed by atoms with E-state index in [1.54, 1.807) is 0 Å². The first-order valence-electron chi connectivity index (χ1n) is 4.69. The number of aliphatic hydroxyl groups is 1. The molecule has 0 aromatic rings. The van der Waals surface area contributed by atoms with Crippen LogP contribution in [0.25, 0.3) is 0 Å². The number of hydrogen-bond donors (Lipinski definition) is 1. The van der Waals surface area contributed by atoms with Gasteiger partial charge in [-0.05, 0) is 18.9 Å². The molecule has 0 heterocycles. The monoisotopic (exact) mass is 186 g/mol. The highest BCUT2D eigenvalue weighted by Crippen LogP contribution is 2.04. The lowest BCUT2D eigenvalue weighted by Gasteiger charge is -1.97. The molecule has 0 aliphatic carbocycles. The van der Waals surface area contributed by atoms with E-state index in [9.17, 15) is 4.79 Å². The van der Waals surface area contributed by atoms with Gasteiger partial charge in [-0.25, -0.2) is 4.79 Å². The van der Waals surface area contributed by atoms with E-state index in [2.05, 4.69) is 11.7 Å². The van der Waals surface area contributed by atoms with Crippen LogP contribution in [-0.4, -0.2) is 18.2 Å². The summed E-state index contributed by atoms with van der Waals surface area (Å²) in [6, 6.07) is 0. The van der Waals surface area contributed by atoms with Crippen LogP contribution in [0.2, 0.25) is 0 Å². The molecule has 0 rings (SSSR count). The molecule has 0 atom stereocenters. The maximum atomic E-state index is 10.7. The largest absolute Gasteiger partial charge is 0.502 e. The number of allylic oxidation sites excluding steroid dienone is 1. The number of unbranched alkanes of at least 4 members (excludes halogenated alkanes) is 4. The predicted molar refractivity (Wildman–Crippen MR) is 51.5 cm³/mol. The molecule has 0 aliphatic heterocycles. The summed E-state index contributed by atoms with van der Waals surface area (Å²) in [6.45, 7) is 2.14. The van der Waals surface area contributed by atoms with Crippen molar-refractivity contribution < 1.29 is 14.6 Å². The fraction of sp³-hybridized carbons (Fsp3) is 0.700. The average Bonchev–Trinajstić information content (AvgIpc) is 2.16. The summed E-state index contributed by atoms with van der Waals surface area (Å²) in [4.78, 5) is 10.7. The van der Waals surface area contributed by atoms with Gasteiger partial charge in [0.2, 0.25) is 0 Å². The van der Waals surface area contributed by atoms with Gasteiger partial charge in [0.25, 0.3) is 0 Å². The molecule has 0 bridgehead atoms. The lowest BCUT2D eigenvalue weighted by atomic mass is 10.1. The Morgan fingerprint density at radius 2 is 2.08 bits per heavy atom. The van der Waals surface area contributed by atoms with Crippen molar-refractivity contribution in [3.05, 3.63) is 11.8 Å². The standard InChI is InChI=1S/C10H18O3/c1-3-4-5-6-7-8-9(11)10(12)13-2/h8,11H,3-7H2,1-2H3. The topological polar surface area (TPSA) is 46.5 Å². The van der Waals surface area contributed by atoms with E-state index >= 15 is 0 Å². The molecular formula is C10H18O3. The number of aliphatic hydroxyl groups excluding tert-OH is 1. The van der Waals surface area contributed by atoms with Gasteiger partial charge in [0.1, 0.15) is 0 Å². The van der Waals surface area contributed by atoms with E-state index < -0.39 is 5.97 Å². The number of hydrogen-bond acceptors (Lipinski definition) is 3. The Kier molecular flexibility index (Phi) is 7.07. The second-order valence-electron chi connectivity index (χ2n) is 2.93. The van der Waals surface area contributed by atoms with E-state index in [1.165, 1.54) is 26.0 Å². The summed E-state index contributed by atoms with van der Waals surface area (Å²) >= 11 is 0. The molecule has 1 N–H and O–H groups in total. The van der Waals surface area contributed by atoms with E-state index in [0.29, 0.717) is 0 Å². The van der Waals surface area contributed by atoms with Gasteiger partial charge in [0.05, 0.1) is 7.11 Å². The van der Waals surface area contributed by atoms with Crippen molar-refractivity contribution >= 4 is 5.97 Å². The smallest absolute Gasteiger partial charge is 0.372 e. The number of ether oxygens (including phenoxy) is 1. The molecule has 3 heteroatoms. The minimum atomic E-state index is -0.657. The molecule has 0 aromatic heterocycles. The Bertz CT molecular complexity index is 173. The zero-order valence-corrected chi connectivity index (χ0v) is 8.38. The summed E-state index contributed by atoms with van der Waals surface area (Å²) < 4.78 is 4.33. The third-order valence-corrected chi connectivity index (χ3v) is 1.79. The van der Waals surface area contributed by atoms with Crippen molar-refractivity contribution in [2.45, 2.75) is 39.0 Å².